The lowest BCUT2D eigenvalue weighted by molar-refractivity contribution is -0.139. The molecule has 1 atom stereocenters. The molecule has 2 heterocycles. The molecule has 0 aliphatic rings. The summed E-state index contributed by atoms with van der Waals surface area (Å²) in [5.74, 6) is -1.90. The third kappa shape index (κ3) is 4.53. The highest BCUT2D eigenvalue weighted by Crippen LogP contribution is 2.33. The van der Waals surface area contributed by atoms with E-state index in [4.69, 9.17) is 10.8 Å². The van der Waals surface area contributed by atoms with Gasteiger partial charge in [0.1, 0.15) is 16.5 Å². The summed E-state index contributed by atoms with van der Waals surface area (Å²) in [6, 6.07) is 3.52. The fraction of sp³-hybridized carbons (Fsp3) is 0.263. The lowest BCUT2D eigenvalue weighted by atomic mass is 10.1. The number of thiazole rings is 1. The van der Waals surface area contributed by atoms with E-state index in [0.29, 0.717) is 28.0 Å². The molecule has 3 rings (SSSR count). The molecule has 2 aromatic heterocycles. The average molecular weight is 442 g/mol. The third-order valence-electron chi connectivity index (χ3n) is 4.40. The van der Waals surface area contributed by atoms with E-state index in [2.05, 4.69) is 15.3 Å². The van der Waals surface area contributed by atoms with Gasteiger partial charge in [-0.05, 0) is 30.7 Å². The highest BCUT2D eigenvalue weighted by molar-refractivity contribution is 7.09. The number of carbonyl (C=O) groups is 1. The molecule has 0 aliphatic heterocycles. The predicted molar refractivity (Wildman–Crippen MR) is 103 cm³/mol. The standard InChI is InChI=1S/C19H18F4N4O2S/c1-9-4-14(10-2-3-12(13(20)5-10)19(21,22)23)26-16(9)17(29)27-15(6-24)18-25-11(7-28)8-30-18/h2-5,8,15,26,28H,6-7,24H2,1H3,(H,27,29)/t15-/m1/s1. The SMILES string of the molecule is Cc1cc(-c2ccc(C(F)(F)F)c(F)c2)[nH]c1C(=O)N[C@H](CN)c1nc(CO)cs1. The Labute approximate surface area is 172 Å². The number of alkyl halides is 3. The summed E-state index contributed by atoms with van der Waals surface area (Å²) >= 11 is 1.25. The van der Waals surface area contributed by atoms with E-state index in [9.17, 15) is 22.4 Å². The minimum Gasteiger partial charge on any atom is -0.390 e. The van der Waals surface area contributed by atoms with Crippen LogP contribution in [0, 0.1) is 12.7 Å². The van der Waals surface area contributed by atoms with Crippen LogP contribution in [-0.2, 0) is 12.8 Å². The second-order valence-electron chi connectivity index (χ2n) is 6.53. The number of aromatic nitrogens is 2. The number of hydrogen-bond donors (Lipinski definition) is 4. The number of aromatic amines is 1. The highest BCUT2D eigenvalue weighted by atomic mass is 32.1. The van der Waals surface area contributed by atoms with Crippen molar-refractivity contribution in [3.05, 3.63) is 63.0 Å². The first-order valence-electron chi connectivity index (χ1n) is 8.76. The first-order chi connectivity index (χ1) is 14.1. The summed E-state index contributed by atoms with van der Waals surface area (Å²) in [7, 11) is 0. The second kappa shape index (κ2) is 8.54. The number of benzene rings is 1. The number of aliphatic hydroxyl groups is 1. The quantitative estimate of drug-likeness (QED) is 0.439. The van der Waals surface area contributed by atoms with Crippen molar-refractivity contribution >= 4 is 17.2 Å². The van der Waals surface area contributed by atoms with Gasteiger partial charge in [0, 0.05) is 23.2 Å². The van der Waals surface area contributed by atoms with Crippen LogP contribution in [0.5, 0.6) is 0 Å². The molecule has 0 radical (unpaired) electrons. The van der Waals surface area contributed by atoms with Crippen LogP contribution in [0.1, 0.15) is 38.4 Å². The number of nitrogens with one attached hydrogen (secondary N) is 2. The molecule has 160 valence electrons. The smallest absolute Gasteiger partial charge is 0.390 e. The zero-order valence-corrected chi connectivity index (χ0v) is 16.5. The molecular formula is C19H18F4N4O2S. The molecule has 11 heteroatoms. The fourth-order valence-corrected chi connectivity index (χ4v) is 3.74. The number of amides is 1. The van der Waals surface area contributed by atoms with E-state index in [-0.39, 0.29) is 24.4 Å². The molecule has 1 amide bonds. The maximum atomic E-state index is 13.9. The maximum absolute atomic E-state index is 13.9. The van der Waals surface area contributed by atoms with Gasteiger partial charge in [-0.25, -0.2) is 9.37 Å². The summed E-state index contributed by atoms with van der Waals surface area (Å²) in [5.41, 5.74) is 5.99. The lowest BCUT2D eigenvalue weighted by Gasteiger charge is -2.14. The summed E-state index contributed by atoms with van der Waals surface area (Å²) in [6.45, 7) is 1.48. The van der Waals surface area contributed by atoms with Gasteiger partial charge in [-0.3, -0.25) is 4.79 Å². The van der Waals surface area contributed by atoms with Crippen LogP contribution in [0.3, 0.4) is 0 Å². The van der Waals surface area contributed by atoms with Crippen LogP contribution in [0.15, 0.2) is 29.6 Å². The second-order valence-corrected chi connectivity index (χ2v) is 7.42. The van der Waals surface area contributed by atoms with Gasteiger partial charge in [0.25, 0.3) is 5.91 Å². The molecule has 0 fully saturated rings. The Kier molecular flexibility index (Phi) is 6.25. The van der Waals surface area contributed by atoms with Crippen LogP contribution >= 0.6 is 11.3 Å². The molecule has 1 aromatic carbocycles. The van der Waals surface area contributed by atoms with Crippen molar-refractivity contribution < 1.29 is 27.5 Å². The zero-order chi connectivity index (χ0) is 22.1. The normalized spacial score (nSPS) is 12.8. The number of nitrogens with two attached hydrogens (primary N) is 1. The van der Waals surface area contributed by atoms with Crippen molar-refractivity contribution in [3.63, 3.8) is 0 Å². The molecule has 30 heavy (non-hydrogen) atoms. The Balaban J connectivity index is 1.83. The molecular weight excluding hydrogens is 424 g/mol. The summed E-state index contributed by atoms with van der Waals surface area (Å²) in [6.07, 6.45) is -4.79. The molecule has 0 aliphatic carbocycles. The summed E-state index contributed by atoms with van der Waals surface area (Å²) in [5, 5.41) is 14.0. The van der Waals surface area contributed by atoms with E-state index < -0.39 is 29.5 Å². The molecule has 0 saturated heterocycles. The van der Waals surface area contributed by atoms with Crippen LogP contribution in [0.2, 0.25) is 0 Å². The predicted octanol–water partition coefficient (Wildman–Crippen LogP) is 3.53. The van der Waals surface area contributed by atoms with Gasteiger partial charge in [0.15, 0.2) is 0 Å². The van der Waals surface area contributed by atoms with Crippen molar-refractivity contribution in [1.29, 1.82) is 0 Å². The number of rotatable bonds is 6. The minimum absolute atomic E-state index is 0.0703. The zero-order valence-electron chi connectivity index (χ0n) is 15.7. The monoisotopic (exact) mass is 442 g/mol. The number of aryl methyl sites for hydroxylation is 1. The molecule has 0 saturated carbocycles. The van der Waals surface area contributed by atoms with Gasteiger partial charge in [0.05, 0.1) is 23.9 Å². The Bertz CT molecular complexity index is 1060. The van der Waals surface area contributed by atoms with Crippen molar-refractivity contribution in [2.45, 2.75) is 25.7 Å². The maximum Gasteiger partial charge on any atom is 0.419 e. The number of halogens is 4. The molecule has 0 spiro atoms. The van der Waals surface area contributed by atoms with Gasteiger partial charge in [-0.1, -0.05) is 6.07 Å². The molecule has 5 N–H and O–H groups in total. The first kappa shape index (κ1) is 21.9. The number of H-pyrrole nitrogens is 1. The Hall–Kier alpha value is -2.76. The highest BCUT2D eigenvalue weighted by Gasteiger charge is 2.34. The molecule has 0 bridgehead atoms. The minimum atomic E-state index is -4.79. The van der Waals surface area contributed by atoms with Gasteiger partial charge >= 0.3 is 6.18 Å². The van der Waals surface area contributed by atoms with E-state index in [1.165, 1.54) is 11.3 Å². The molecule has 0 unspecified atom stereocenters. The topological polar surface area (TPSA) is 104 Å². The van der Waals surface area contributed by atoms with E-state index >= 15 is 0 Å². The van der Waals surface area contributed by atoms with Crippen LogP contribution < -0.4 is 11.1 Å². The summed E-state index contributed by atoms with van der Waals surface area (Å²) < 4.78 is 52.1. The lowest BCUT2D eigenvalue weighted by Crippen LogP contribution is -2.33. The van der Waals surface area contributed by atoms with Crippen LogP contribution in [0.25, 0.3) is 11.3 Å². The van der Waals surface area contributed by atoms with Crippen LogP contribution in [-0.4, -0.2) is 27.5 Å². The van der Waals surface area contributed by atoms with Gasteiger partial charge < -0.3 is 21.1 Å². The van der Waals surface area contributed by atoms with Crippen molar-refractivity contribution in [1.82, 2.24) is 15.3 Å². The first-order valence-corrected chi connectivity index (χ1v) is 9.64. The van der Waals surface area contributed by atoms with Gasteiger partial charge in [-0.2, -0.15) is 13.2 Å². The number of carbonyl (C=O) groups excluding carboxylic acids is 1. The molecule has 6 nitrogen and oxygen atoms in total. The van der Waals surface area contributed by atoms with E-state index in [1.54, 1.807) is 18.4 Å². The van der Waals surface area contributed by atoms with E-state index in [1.807, 2.05) is 0 Å². The number of nitrogens with zero attached hydrogens (tertiary/aromatic N) is 1. The van der Waals surface area contributed by atoms with Crippen molar-refractivity contribution in [2.75, 3.05) is 6.54 Å². The Morgan fingerprint density at radius 1 is 1.37 bits per heavy atom. The van der Waals surface area contributed by atoms with Crippen molar-refractivity contribution in [3.8, 4) is 11.3 Å². The molecule has 3 aromatic rings. The van der Waals surface area contributed by atoms with Crippen molar-refractivity contribution in [2.24, 2.45) is 5.73 Å². The van der Waals surface area contributed by atoms with Gasteiger partial charge in [0.2, 0.25) is 0 Å². The fourth-order valence-electron chi connectivity index (χ4n) is 2.87. The number of hydrogen-bond acceptors (Lipinski definition) is 5. The summed E-state index contributed by atoms with van der Waals surface area (Å²) in [4.78, 5) is 19.7. The van der Waals surface area contributed by atoms with Gasteiger partial charge in [-0.15, -0.1) is 11.3 Å². The number of aliphatic hydroxyl groups excluding tert-OH is 1. The van der Waals surface area contributed by atoms with E-state index in [0.717, 1.165) is 12.1 Å². The Morgan fingerprint density at radius 2 is 2.10 bits per heavy atom. The largest absolute Gasteiger partial charge is 0.419 e. The van der Waals surface area contributed by atoms with Crippen LogP contribution in [0.4, 0.5) is 17.6 Å². The average Bonchev–Trinajstić information content (AvgIpc) is 3.31. The third-order valence-corrected chi connectivity index (χ3v) is 5.41. The Morgan fingerprint density at radius 3 is 2.67 bits per heavy atom.